The lowest BCUT2D eigenvalue weighted by molar-refractivity contribution is -0.120. The summed E-state index contributed by atoms with van der Waals surface area (Å²) >= 11 is 0. The minimum atomic E-state index is -0.0457. The smallest absolute Gasteiger partial charge is 0.227 e. The van der Waals surface area contributed by atoms with Crippen molar-refractivity contribution >= 4 is 17.5 Å². The topological polar surface area (TPSA) is 49.4 Å². The summed E-state index contributed by atoms with van der Waals surface area (Å²) in [5, 5.41) is 2.76. The Labute approximate surface area is 101 Å². The van der Waals surface area contributed by atoms with Crippen LogP contribution in [0.5, 0.6) is 0 Å². The second-order valence-corrected chi connectivity index (χ2v) is 4.35. The third-order valence-corrected chi connectivity index (χ3v) is 2.91. The molecule has 1 saturated heterocycles. The molecule has 2 amide bonds. The number of carbonyl (C=O) groups excluding carboxylic acids is 2. The molecule has 90 valence electrons. The summed E-state index contributed by atoms with van der Waals surface area (Å²) in [4.78, 5) is 24.5. The Morgan fingerprint density at radius 3 is 2.76 bits per heavy atom. The van der Waals surface area contributed by atoms with Crippen LogP contribution < -0.4 is 10.2 Å². The van der Waals surface area contributed by atoms with Crippen LogP contribution in [-0.4, -0.2) is 24.9 Å². The molecule has 0 bridgehead atoms. The van der Waals surface area contributed by atoms with E-state index in [9.17, 15) is 9.59 Å². The third kappa shape index (κ3) is 2.84. The Morgan fingerprint density at radius 1 is 1.41 bits per heavy atom. The van der Waals surface area contributed by atoms with Crippen LogP contribution in [0.15, 0.2) is 30.3 Å². The Morgan fingerprint density at radius 2 is 2.12 bits per heavy atom. The normalized spacial score (nSPS) is 19.5. The van der Waals surface area contributed by atoms with Crippen molar-refractivity contribution in [3.8, 4) is 0 Å². The molecule has 0 radical (unpaired) electrons. The van der Waals surface area contributed by atoms with Crippen molar-refractivity contribution in [1.29, 1.82) is 0 Å². The number of benzene rings is 1. The summed E-state index contributed by atoms with van der Waals surface area (Å²) in [7, 11) is 0. The highest BCUT2D eigenvalue weighted by molar-refractivity contribution is 5.95. The minimum Gasteiger partial charge on any atom is -0.356 e. The van der Waals surface area contributed by atoms with Crippen LogP contribution in [0.4, 0.5) is 5.69 Å². The van der Waals surface area contributed by atoms with Gasteiger partial charge in [0.1, 0.15) is 0 Å². The molecule has 1 aromatic rings. The Bertz CT molecular complexity index is 417. The molecule has 0 aromatic heterocycles. The first-order chi connectivity index (χ1) is 8.16. The van der Waals surface area contributed by atoms with Gasteiger partial charge in [-0.1, -0.05) is 18.2 Å². The molecule has 1 aromatic carbocycles. The molecule has 1 fully saturated rings. The molecule has 1 unspecified atom stereocenters. The number of anilines is 1. The van der Waals surface area contributed by atoms with Crippen molar-refractivity contribution in [2.45, 2.75) is 13.3 Å². The zero-order valence-corrected chi connectivity index (χ0v) is 9.85. The Kier molecular flexibility index (Phi) is 3.42. The van der Waals surface area contributed by atoms with Gasteiger partial charge in [0.25, 0.3) is 0 Å². The fourth-order valence-electron chi connectivity index (χ4n) is 2.06. The van der Waals surface area contributed by atoms with E-state index in [2.05, 4.69) is 5.32 Å². The number of carbonyl (C=O) groups is 2. The van der Waals surface area contributed by atoms with E-state index in [1.807, 2.05) is 30.3 Å². The lowest BCUT2D eigenvalue weighted by atomic mass is 10.1. The molecule has 0 saturated carbocycles. The number of nitrogens with one attached hydrogen (secondary N) is 1. The maximum Gasteiger partial charge on any atom is 0.227 e. The van der Waals surface area contributed by atoms with Gasteiger partial charge in [-0.3, -0.25) is 9.59 Å². The van der Waals surface area contributed by atoms with E-state index in [-0.39, 0.29) is 17.7 Å². The van der Waals surface area contributed by atoms with Crippen LogP contribution in [-0.2, 0) is 9.59 Å². The molecular formula is C13H16N2O2. The lowest BCUT2D eigenvalue weighted by Crippen LogP contribution is -2.29. The van der Waals surface area contributed by atoms with Gasteiger partial charge >= 0.3 is 0 Å². The molecule has 1 aliphatic rings. The molecule has 1 aliphatic heterocycles. The zero-order valence-electron chi connectivity index (χ0n) is 9.85. The standard InChI is InChI=1S/C13H16N2O2/c1-10(16)14-8-11-7-13(17)15(9-11)12-5-3-2-4-6-12/h2-6,11H,7-9H2,1H3,(H,14,16). The van der Waals surface area contributed by atoms with Crippen LogP contribution in [0.1, 0.15) is 13.3 Å². The van der Waals surface area contributed by atoms with E-state index in [1.54, 1.807) is 4.90 Å². The number of nitrogens with zero attached hydrogens (tertiary/aromatic N) is 1. The van der Waals surface area contributed by atoms with Gasteiger partial charge in [-0.05, 0) is 12.1 Å². The highest BCUT2D eigenvalue weighted by atomic mass is 16.2. The van der Waals surface area contributed by atoms with Gasteiger partial charge in [-0.2, -0.15) is 0 Å². The van der Waals surface area contributed by atoms with E-state index < -0.39 is 0 Å². The molecule has 2 rings (SSSR count). The van der Waals surface area contributed by atoms with Crippen molar-refractivity contribution < 1.29 is 9.59 Å². The summed E-state index contributed by atoms with van der Waals surface area (Å²) in [6.07, 6.45) is 0.509. The number of hydrogen-bond acceptors (Lipinski definition) is 2. The molecule has 1 N–H and O–H groups in total. The minimum absolute atomic E-state index is 0.0457. The number of hydrogen-bond donors (Lipinski definition) is 1. The second kappa shape index (κ2) is 4.99. The summed E-state index contributed by atoms with van der Waals surface area (Å²) in [6, 6.07) is 9.63. The molecule has 1 heterocycles. The lowest BCUT2D eigenvalue weighted by Gasteiger charge is -2.16. The van der Waals surface area contributed by atoms with Crippen LogP contribution in [0.25, 0.3) is 0 Å². The van der Waals surface area contributed by atoms with Gasteiger partial charge < -0.3 is 10.2 Å². The van der Waals surface area contributed by atoms with Gasteiger partial charge in [-0.25, -0.2) is 0 Å². The molecule has 17 heavy (non-hydrogen) atoms. The predicted octanol–water partition coefficient (Wildman–Crippen LogP) is 1.18. The third-order valence-electron chi connectivity index (χ3n) is 2.91. The molecule has 4 heteroatoms. The largest absolute Gasteiger partial charge is 0.356 e. The van der Waals surface area contributed by atoms with Gasteiger partial charge in [0.15, 0.2) is 0 Å². The maximum absolute atomic E-state index is 11.8. The van der Waals surface area contributed by atoms with E-state index in [0.29, 0.717) is 19.5 Å². The van der Waals surface area contributed by atoms with Crippen molar-refractivity contribution in [1.82, 2.24) is 5.32 Å². The molecule has 0 spiro atoms. The van der Waals surface area contributed by atoms with E-state index in [0.717, 1.165) is 5.69 Å². The first kappa shape index (κ1) is 11.6. The highest BCUT2D eigenvalue weighted by Crippen LogP contribution is 2.24. The fourth-order valence-corrected chi connectivity index (χ4v) is 2.06. The summed E-state index contributed by atoms with van der Waals surface area (Å²) < 4.78 is 0. The molecule has 4 nitrogen and oxygen atoms in total. The van der Waals surface area contributed by atoms with Crippen molar-refractivity contribution in [2.24, 2.45) is 5.92 Å². The van der Waals surface area contributed by atoms with E-state index >= 15 is 0 Å². The summed E-state index contributed by atoms with van der Waals surface area (Å²) in [6.45, 7) is 2.75. The monoisotopic (exact) mass is 232 g/mol. The zero-order chi connectivity index (χ0) is 12.3. The van der Waals surface area contributed by atoms with Gasteiger partial charge in [0.2, 0.25) is 11.8 Å². The average Bonchev–Trinajstić information content (AvgIpc) is 2.69. The highest BCUT2D eigenvalue weighted by Gasteiger charge is 2.30. The summed E-state index contributed by atoms with van der Waals surface area (Å²) in [5.41, 5.74) is 0.933. The molecular weight excluding hydrogens is 216 g/mol. The SMILES string of the molecule is CC(=O)NCC1CC(=O)N(c2ccccc2)C1. The number of para-hydroxylation sites is 1. The quantitative estimate of drug-likeness (QED) is 0.850. The van der Waals surface area contributed by atoms with E-state index in [4.69, 9.17) is 0 Å². The second-order valence-electron chi connectivity index (χ2n) is 4.35. The summed E-state index contributed by atoms with van der Waals surface area (Å²) in [5.74, 6) is 0.300. The Balaban J connectivity index is 1.98. The van der Waals surface area contributed by atoms with Crippen LogP contribution >= 0.6 is 0 Å². The van der Waals surface area contributed by atoms with Crippen molar-refractivity contribution in [2.75, 3.05) is 18.0 Å². The van der Waals surface area contributed by atoms with Gasteiger partial charge in [0.05, 0.1) is 0 Å². The maximum atomic E-state index is 11.8. The van der Waals surface area contributed by atoms with Crippen LogP contribution in [0, 0.1) is 5.92 Å². The van der Waals surface area contributed by atoms with E-state index in [1.165, 1.54) is 6.92 Å². The Hall–Kier alpha value is -1.84. The first-order valence-corrected chi connectivity index (χ1v) is 5.76. The van der Waals surface area contributed by atoms with Crippen molar-refractivity contribution in [3.05, 3.63) is 30.3 Å². The van der Waals surface area contributed by atoms with Crippen LogP contribution in [0.3, 0.4) is 0 Å². The first-order valence-electron chi connectivity index (χ1n) is 5.76. The molecule has 1 atom stereocenters. The number of rotatable bonds is 3. The van der Waals surface area contributed by atoms with Crippen LogP contribution in [0.2, 0.25) is 0 Å². The fraction of sp³-hybridized carbons (Fsp3) is 0.385. The predicted molar refractivity (Wildman–Crippen MR) is 65.6 cm³/mol. The van der Waals surface area contributed by atoms with Gasteiger partial charge in [-0.15, -0.1) is 0 Å². The number of amides is 2. The molecule has 0 aliphatic carbocycles. The van der Waals surface area contributed by atoms with Gasteiger partial charge in [0, 0.05) is 38.0 Å². The van der Waals surface area contributed by atoms with Crippen molar-refractivity contribution in [3.63, 3.8) is 0 Å². The average molecular weight is 232 g/mol.